The predicted molar refractivity (Wildman–Crippen MR) is 47.7 cm³/mol. The van der Waals surface area contributed by atoms with E-state index >= 15 is 0 Å². The molecule has 12 heavy (non-hydrogen) atoms. The number of carbonyl (C=O) groups is 2. The van der Waals surface area contributed by atoms with Crippen molar-refractivity contribution in [3.8, 4) is 0 Å². The van der Waals surface area contributed by atoms with Crippen LogP contribution in [0.3, 0.4) is 0 Å². The van der Waals surface area contributed by atoms with E-state index in [0.717, 1.165) is 12.2 Å². The molecule has 1 aliphatic rings. The molecule has 1 amide bonds. The Bertz CT molecular complexity index is 196. The molecule has 1 fully saturated rings. The molecule has 68 valence electrons. The van der Waals surface area contributed by atoms with Gasteiger partial charge in [-0.2, -0.15) is 0 Å². The molecule has 1 rings (SSSR count). The van der Waals surface area contributed by atoms with Gasteiger partial charge in [0.05, 0.1) is 6.04 Å². The molecule has 0 spiro atoms. The summed E-state index contributed by atoms with van der Waals surface area (Å²) in [4.78, 5) is 22.0. The van der Waals surface area contributed by atoms with Crippen molar-refractivity contribution in [2.75, 3.05) is 12.3 Å². The lowest BCUT2D eigenvalue weighted by Gasteiger charge is -2.08. The van der Waals surface area contributed by atoms with Crippen molar-refractivity contribution in [2.24, 2.45) is 5.73 Å². The lowest BCUT2D eigenvalue weighted by molar-refractivity contribution is -0.124. The Morgan fingerprint density at radius 2 is 2.50 bits per heavy atom. The van der Waals surface area contributed by atoms with Crippen LogP contribution in [0.5, 0.6) is 0 Å². The summed E-state index contributed by atoms with van der Waals surface area (Å²) in [5.74, 6) is 0.685. The minimum Gasteiger partial charge on any atom is -0.345 e. The van der Waals surface area contributed by atoms with E-state index in [0.29, 0.717) is 13.0 Å². The van der Waals surface area contributed by atoms with Gasteiger partial charge in [0.2, 0.25) is 11.0 Å². The highest BCUT2D eigenvalue weighted by Gasteiger charge is 2.26. The zero-order chi connectivity index (χ0) is 8.97. The summed E-state index contributed by atoms with van der Waals surface area (Å²) in [6.07, 6.45) is 1.05. The molecule has 3 N–H and O–H groups in total. The average Bonchev–Trinajstić information content (AvgIpc) is 2.37. The second kappa shape index (κ2) is 4.47. The molecule has 4 nitrogen and oxygen atoms in total. The summed E-state index contributed by atoms with van der Waals surface area (Å²) in [6, 6.07) is -0.269. The Kier molecular flexibility index (Phi) is 3.55. The van der Waals surface area contributed by atoms with Crippen molar-refractivity contribution in [1.82, 2.24) is 5.32 Å². The molecule has 0 aromatic heterocycles. The average molecular weight is 188 g/mol. The minimum atomic E-state index is -0.269. The second-order valence-electron chi connectivity index (χ2n) is 2.61. The first-order valence-electron chi connectivity index (χ1n) is 3.90. The van der Waals surface area contributed by atoms with E-state index in [2.05, 4.69) is 5.32 Å². The minimum absolute atomic E-state index is 0.0698. The van der Waals surface area contributed by atoms with Crippen molar-refractivity contribution in [3.05, 3.63) is 0 Å². The van der Waals surface area contributed by atoms with Crippen molar-refractivity contribution in [1.29, 1.82) is 0 Å². The summed E-state index contributed by atoms with van der Waals surface area (Å²) < 4.78 is 0. The molecule has 1 unspecified atom stereocenters. The van der Waals surface area contributed by atoms with Crippen molar-refractivity contribution in [3.63, 3.8) is 0 Å². The fourth-order valence-corrected chi connectivity index (χ4v) is 1.96. The highest BCUT2D eigenvalue weighted by atomic mass is 32.2. The van der Waals surface area contributed by atoms with Gasteiger partial charge in [0.25, 0.3) is 0 Å². The van der Waals surface area contributed by atoms with E-state index in [1.54, 1.807) is 0 Å². The van der Waals surface area contributed by atoms with Crippen molar-refractivity contribution >= 4 is 22.8 Å². The molecule has 0 aromatic carbocycles. The van der Waals surface area contributed by atoms with Gasteiger partial charge < -0.3 is 11.1 Å². The maximum absolute atomic E-state index is 11.0. The number of amides is 1. The van der Waals surface area contributed by atoms with Crippen LogP contribution in [-0.4, -0.2) is 29.4 Å². The van der Waals surface area contributed by atoms with E-state index in [1.807, 2.05) is 0 Å². The van der Waals surface area contributed by atoms with E-state index in [4.69, 9.17) is 5.73 Å². The first-order chi connectivity index (χ1) is 5.74. The molecule has 0 aromatic rings. The van der Waals surface area contributed by atoms with Crippen molar-refractivity contribution < 1.29 is 9.59 Å². The predicted octanol–water partition coefficient (Wildman–Crippen LogP) is -0.516. The Hall–Kier alpha value is -0.550. The molecular formula is C7H12N2O2S. The third kappa shape index (κ3) is 2.49. The molecular weight excluding hydrogens is 176 g/mol. The second-order valence-corrected chi connectivity index (χ2v) is 3.71. The fraction of sp³-hybridized carbons (Fsp3) is 0.714. The van der Waals surface area contributed by atoms with Gasteiger partial charge in [0, 0.05) is 18.7 Å². The Balaban J connectivity index is 2.30. The van der Waals surface area contributed by atoms with Gasteiger partial charge in [-0.05, 0) is 6.42 Å². The number of hydrogen-bond acceptors (Lipinski definition) is 4. The van der Waals surface area contributed by atoms with Crippen LogP contribution in [0.15, 0.2) is 0 Å². The Morgan fingerprint density at radius 3 is 3.00 bits per heavy atom. The Labute approximate surface area is 75.3 Å². The zero-order valence-electron chi connectivity index (χ0n) is 6.71. The molecule has 0 radical (unpaired) electrons. The summed E-state index contributed by atoms with van der Waals surface area (Å²) in [7, 11) is 0. The van der Waals surface area contributed by atoms with E-state index < -0.39 is 0 Å². The monoisotopic (exact) mass is 188 g/mol. The lowest BCUT2D eigenvalue weighted by Crippen LogP contribution is -2.37. The van der Waals surface area contributed by atoms with Gasteiger partial charge >= 0.3 is 0 Å². The van der Waals surface area contributed by atoms with Gasteiger partial charge in [-0.1, -0.05) is 11.8 Å². The number of nitrogens with two attached hydrogens (primary N) is 1. The number of rotatable bonds is 3. The number of thioether (sulfide) groups is 1. The van der Waals surface area contributed by atoms with Gasteiger partial charge in [0.15, 0.2) is 0 Å². The van der Waals surface area contributed by atoms with Gasteiger partial charge in [-0.3, -0.25) is 9.59 Å². The topological polar surface area (TPSA) is 72.2 Å². The molecule has 1 aliphatic heterocycles. The lowest BCUT2D eigenvalue weighted by atomic mass is 10.2. The third-order valence-corrected chi connectivity index (χ3v) is 2.65. The van der Waals surface area contributed by atoms with E-state index in [9.17, 15) is 9.59 Å². The standard InChI is InChI=1S/C7H12N2O2S/c8-3-1-6(10)9-5-2-4-12-7(5)11/h5H,1-4,8H2,(H,9,10). The van der Waals surface area contributed by atoms with Gasteiger partial charge in [0.1, 0.15) is 0 Å². The van der Waals surface area contributed by atoms with E-state index in [-0.39, 0.29) is 17.1 Å². The van der Waals surface area contributed by atoms with Crippen LogP contribution < -0.4 is 11.1 Å². The summed E-state index contributed by atoms with van der Waals surface area (Å²) >= 11 is 1.28. The largest absolute Gasteiger partial charge is 0.345 e. The highest BCUT2D eigenvalue weighted by molar-refractivity contribution is 8.14. The molecule has 1 heterocycles. The zero-order valence-corrected chi connectivity index (χ0v) is 7.52. The van der Waals surface area contributed by atoms with Crippen LogP contribution >= 0.6 is 11.8 Å². The molecule has 1 saturated heterocycles. The molecule has 1 atom stereocenters. The molecule has 0 aliphatic carbocycles. The van der Waals surface area contributed by atoms with Gasteiger partial charge in [-0.15, -0.1) is 0 Å². The third-order valence-electron chi connectivity index (χ3n) is 1.64. The summed E-state index contributed by atoms with van der Waals surface area (Å²) in [5.41, 5.74) is 5.19. The van der Waals surface area contributed by atoms with Gasteiger partial charge in [-0.25, -0.2) is 0 Å². The quantitative estimate of drug-likeness (QED) is 0.625. The smallest absolute Gasteiger partial charge is 0.221 e. The Morgan fingerprint density at radius 1 is 1.75 bits per heavy atom. The first-order valence-corrected chi connectivity index (χ1v) is 4.88. The van der Waals surface area contributed by atoms with E-state index in [1.165, 1.54) is 11.8 Å². The van der Waals surface area contributed by atoms with Crippen LogP contribution in [0, 0.1) is 0 Å². The maximum Gasteiger partial charge on any atom is 0.221 e. The maximum atomic E-state index is 11.0. The van der Waals surface area contributed by atoms with Crippen LogP contribution in [0.1, 0.15) is 12.8 Å². The van der Waals surface area contributed by atoms with Crippen LogP contribution in [0.4, 0.5) is 0 Å². The summed E-state index contributed by atoms with van der Waals surface area (Å²) in [6.45, 7) is 0.333. The SMILES string of the molecule is NCCC(=O)NC1CCSC1=O. The van der Waals surface area contributed by atoms with Crippen LogP contribution in [0.25, 0.3) is 0 Å². The first kappa shape index (κ1) is 9.54. The molecule has 0 saturated carbocycles. The van der Waals surface area contributed by atoms with Crippen LogP contribution in [-0.2, 0) is 9.59 Å². The van der Waals surface area contributed by atoms with Crippen molar-refractivity contribution in [2.45, 2.75) is 18.9 Å². The number of nitrogens with one attached hydrogen (secondary N) is 1. The number of carbonyl (C=O) groups excluding carboxylic acids is 2. The summed E-state index contributed by atoms with van der Waals surface area (Å²) in [5, 5.41) is 2.71. The molecule has 5 heteroatoms. The number of hydrogen-bond donors (Lipinski definition) is 2. The molecule has 0 bridgehead atoms. The van der Waals surface area contributed by atoms with Crippen LogP contribution in [0.2, 0.25) is 0 Å². The fourth-order valence-electron chi connectivity index (χ4n) is 1.02. The normalized spacial score (nSPS) is 22.8. The highest BCUT2D eigenvalue weighted by Crippen LogP contribution is 2.19.